The number of ether oxygens (including phenoxy) is 1. The van der Waals surface area contributed by atoms with Gasteiger partial charge in [0.2, 0.25) is 11.8 Å². The number of amides is 3. The maximum atomic E-state index is 13.6. The van der Waals surface area contributed by atoms with Crippen molar-refractivity contribution >= 4 is 17.9 Å². The Morgan fingerprint density at radius 1 is 1.03 bits per heavy atom. The summed E-state index contributed by atoms with van der Waals surface area (Å²) in [6, 6.07) is 3.93. The Labute approximate surface area is 199 Å². The van der Waals surface area contributed by atoms with Gasteiger partial charge >= 0.3 is 6.09 Å². The summed E-state index contributed by atoms with van der Waals surface area (Å²) in [6.07, 6.45) is 1.12. The van der Waals surface area contributed by atoms with E-state index in [9.17, 15) is 14.4 Å². The van der Waals surface area contributed by atoms with Crippen molar-refractivity contribution in [3.8, 4) is 0 Å². The zero-order chi connectivity index (χ0) is 25.5. The minimum absolute atomic E-state index is 0.0171. The molecular formula is C26H43N3O4. The minimum Gasteiger partial charge on any atom is -0.444 e. The normalized spacial score (nSPS) is 14.3. The van der Waals surface area contributed by atoms with Gasteiger partial charge < -0.3 is 20.3 Å². The molecule has 0 radical (unpaired) electrons. The summed E-state index contributed by atoms with van der Waals surface area (Å²) in [5, 5.41) is 5.70. The van der Waals surface area contributed by atoms with Crippen LogP contribution in [0.4, 0.5) is 4.79 Å². The topological polar surface area (TPSA) is 87.7 Å². The third-order valence-electron chi connectivity index (χ3n) is 5.28. The third-order valence-corrected chi connectivity index (χ3v) is 5.28. The molecule has 33 heavy (non-hydrogen) atoms. The van der Waals surface area contributed by atoms with Crippen molar-refractivity contribution in [3.05, 3.63) is 34.9 Å². The first-order valence-electron chi connectivity index (χ1n) is 11.9. The second kappa shape index (κ2) is 12.1. The smallest absolute Gasteiger partial charge is 0.408 e. The molecule has 0 heterocycles. The maximum absolute atomic E-state index is 13.6. The summed E-state index contributed by atoms with van der Waals surface area (Å²) in [5.74, 6) is -0.573. The Balaban J connectivity index is 3.37. The summed E-state index contributed by atoms with van der Waals surface area (Å²) >= 11 is 0. The van der Waals surface area contributed by atoms with Crippen molar-refractivity contribution < 1.29 is 19.1 Å². The van der Waals surface area contributed by atoms with Gasteiger partial charge in [-0.2, -0.15) is 0 Å². The quantitative estimate of drug-likeness (QED) is 0.553. The van der Waals surface area contributed by atoms with Gasteiger partial charge in [-0.15, -0.1) is 0 Å². The van der Waals surface area contributed by atoms with Gasteiger partial charge in [0.15, 0.2) is 0 Å². The van der Waals surface area contributed by atoms with Crippen LogP contribution in [0.1, 0.15) is 91.0 Å². The Kier molecular flexibility index (Phi) is 10.4. The number of hydrogen-bond acceptors (Lipinski definition) is 4. The van der Waals surface area contributed by atoms with E-state index in [2.05, 4.69) is 17.6 Å². The molecule has 0 spiro atoms. The fourth-order valence-corrected chi connectivity index (χ4v) is 3.75. The Morgan fingerprint density at radius 2 is 1.64 bits per heavy atom. The molecule has 7 heteroatoms. The molecule has 0 bridgehead atoms. The van der Waals surface area contributed by atoms with Gasteiger partial charge in [-0.25, -0.2) is 4.79 Å². The van der Waals surface area contributed by atoms with E-state index in [1.54, 1.807) is 32.6 Å². The van der Waals surface area contributed by atoms with E-state index in [4.69, 9.17) is 4.74 Å². The Hall–Kier alpha value is -2.57. The molecule has 0 aliphatic carbocycles. The number of carbonyl (C=O) groups excluding carboxylic acids is 3. The summed E-state index contributed by atoms with van der Waals surface area (Å²) in [7, 11) is 0. The monoisotopic (exact) mass is 461 g/mol. The standard InChI is InChI=1S/C26H43N3O4/c1-11-12-19(6)27-23(30)22(21-15-17(4)13-14-18(21)5)29(16(2)3)24(31)20(7)28-25(32)33-26(8,9)10/h13-16,19-20,22H,11-12H2,1-10H3,(H,27,30)(H,28,32). The number of aryl methyl sites for hydroxylation is 2. The molecule has 0 saturated carbocycles. The molecule has 7 nitrogen and oxygen atoms in total. The Morgan fingerprint density at radius 3 is 2.15 bits per heavy atom. The highest BCUT2D eigenvalue weighted by atomic mass is 16.6. The predicted octanol–water partition coefficient (Wildman–Crippen LogP) is 4.80. The van der Waals surface area contributed by atoms with Crippen molar-refractivity contribution in [2.75, 3.05) is 0 Å². The number of rotatable bonds is 9. The SMILES string of the molecule is CCCC(C)NC(=O)C(c1cc(C)ccc1C)N(C(=O)C(C)NC(=O)OC(C)(C)C)C(C)C. The molecule has 1 aromatic rings. The molecule has 2 N–H and O–H groups in total. The van der Waals surface area contributed by atoms with Gasteiger partial charge in [0.25, 0.3) is 0 Å². The zero-order valence-electron chi connectivity index (χ0n) is 22.0. The van der Waals surface area contributed by atoms with Gasteiger partial charge in [0.1, 0.15) is 17.7 Å². The van der Waals surface area contributed by atoms with Gasteiger partial charge in [0.05, 0.1) is 0 Å². The van der Waals surface area contributed by atoms with Gasteiger partial charge in [0, 0.05) is 12.1 Å². The molecule has 1 aromatic carbocycles. The molecule has 1 rings (SSSR count). The number of benzene rings is 1. The van der Waals surface area contributed by atoms with Crippen LogP contribution in [-0.4, -0.2) is 46.5 Å². The summed E-state index contributed by atoms with van der Waals surface area (Å²) < 4.78 is 5.31. The van der Waals surface area contributed by atoms with Crippen molar-refractivity contribution in [2.24, 2.45) is 0 Å². The summed E-state index contributed by atoms with van der Waals surface area (Å²) in [6.45, 7) is 18.6. The molecule has 0 aliphatic rings. The number of carbonyl (C=O) groups is 3. The molecule has 0 aromatic heterocycles. The molecule has 3 unspecified atom stereocenters. The molecule has 0 saturated heterocycles. The van der Waals surface area contributed by atoms with Crippen LogP contribution in [0.3, 0.4) is 0 Å². The lowest BCUT2D eigenvalue weighted by molar-refractivity contribution is -0.144. The highest BCUT2D eigenvalue weighted by molar-refractivity contribution is 5.92. The van der Waals surface area contributed by atoms with E-state index in [0.717, 1.165) is 29.5 Å². The van der Waals surface area contributed by atoms with E-state index >= 15 is 0 Å². The van der Waals surface area contributed by atoms with E-state index in [1.807, 2.05) is 52.8 Å². The fourth-order valence-electron chi connectivity index (χ4n) is 3.75. The van der Waals surface area contributed by atoms with Crippen molar-refractivity contribution in [2.45, 2.75) is 112 Å². The lowest BCUT2D eigenvalue weighted by atomic mass is 9.95. The molecule has 0 aliphatic heterocycles. The highest BCUT2D eigenvalue weighted by Crippen LogP contribution is 2.28. The van der Waals surface area contributed by atoms with Gasteiger partial charge in [-0.3, -0.25) is 9.59 Å². The van der Waals surface area contributed by atoms with Crippen LogP contribution in [0.25, 0.3) is 0 Å². The third kappa shape index (κ3) is 8.71. The van der Waals surface area contributed by atoms with Crippen LogP contribution < -0.4 is 10.6 Å². The number of hydrogen-bond donors (Lipinski definition) is 2. The van der Waals surface area contributed by atoms with E-state index in [1.165, 1.54) is 0 Å². The van der Waals surface area contributed by atoms with Gasteiger partial charge in [-0.1, -0.05) is 37.1 Å². The average molecular weight is 462 g/mol. The molecule has 186 valence electrons. The minimum atomic E-state index is -0.865. The van der Waals surface area contributed by atoms with Crippen LogP contribution in [0, 0.1) is 13.8 Å². The first-order chi connectivity index (χ1) is 15.2. The van der Waals surface area contributed by atoms with Crippen LogP contribution in [0.2, 0.25) is 0 Å². The van der Waals surface area contributed by atoms with E-state index in [0.29, 0.717) is 0 Å². The number of nitrogens with one attached hydrogen (secondary N) is 2. The second-order valence-electron chi connectivity index (χ2n) is 10.2. The maximum Gasteiger partial charge on any atom is 0.408 e. The molecule has 3 atom stereocenters. The number of nitrogens with zero attached hydrogens (tertiary/aromatic N) is 1. The zero-order valence-corrected chi connectivity index (χ0v) is 22.0. The van der Waals surface area contributed by atoms with E-state index in [-0.39, 0.29) is 23.9 Å². The lowest BCUT2D eigenvalue weighted by Gasteiger charge is -2.37. The fraction of sp³-hybridized carbons (Fsp3) is 0.654. The average Bonchev–Trinajstić information content (AvgIpc) is 2.65. The van der Waals surface area contributed by atoms with Crippen molar-refractivity contribution in [1.82, 2.24) is 15.5 Å². The summed E-state index contributed by atoms with van der Waals surface area (Å²) in [5.41, 5.74) is 2.03. The predicted molar refractivity (Wildman–Crippen MR) is 132 cm³/mol. The second-order valence-corrected chi connectivity index (χ2v) is 10.2. The van der Waals surface area contributed by atoms with Crippen LogP contribution in [0.5, 0.6) is 0 Å². The van der Waals surface area contributed by atoms with Crippen LogP contribution >= 0.6 is 0 Å². The molecular weight excluding hydrogens is 418 g/mol. The largest absolute Gasteiger partial charge is 0.444 e. The van der Waals surface area contributed by atoms with E-state index < -0.39 is 23.8 Å². The lowest BCUT2D eigenvalue weighted by Crippen LogP contribution is -2.54. The first-order valence-corrected chi connectivity index (χ1v) is 11.9. The highest BCUT2D eigenvalue weighted by Gasteiger charge is 2.37. The molecule has 0 fully saturated rings. The van der Waals surface area contributed by atoms with Crippen molar-refractivity contribution in [3.63, 3.8) is 0 Å². The van der Waals surface area contributed by atoms with Crippen LogP contribution in [0.15, 0.2) is 18.2 Å². The number of alkyl carbamates (subject to hydrolysis) is 1. The Bertz CT molecular complexity index is 829. The van der Waals surface area contributed by atoms with Crippen LogP contribution in [-0.2, 0) is 14.3 Å². The summed E-state index contributed by atoms with van der Waals surface area (Å²) in [4.78, 5) is 41.0. The van der Waals surface area contributed by atoms with Gasteiger partial charge in [-0.05, 0) is 79.9 Å². The first kappa shape index (κ1) is 28.5. The molecule has 3 amide bonds. The van der Waals surface area contributed by atoms with Crippen molar-refractivity contribution in [1.29, 1.82) is 0 Å².